The maximum atomic E-state index is 13.9. The molecular weight excluding hydrogens is 383 g/mol. The third-order valence-electron chi connectivity index (χ3n) is 6.17. The van der Waals surface area contributed by atoms with E-state index < -0.39 is 0 Å². The maximum absolute atomic E-state index is 13.9. The van der Waals surface area contributed by atoms with Gasteiger partial charge in [-0.05, 0) is 68.1 Å². The summed E-state index contributed by atoms with van der Waals surface area (Å²) in [6.07, 6.45) is 2.69. The molecule has 1 fully saturated rings. The molecule has 4 rings (SSSR count). The van der Waals surface area contributed by atoms with Crippen LogP contribution in [0.2, 0.25) is 0 Å². The lowest BCUT2D eigenvalue weighted by Crippen LogP contribution is -2.42. The summed E-state index contributed by atoms with van der Waals surface area (Å²) in [5, 5.41) is 3.13. The largest absolute Gasteiger partial charge is 0.497 e. The minimum Gasteiger partial charge on any atom is -0.497 e. The lowest BCUT2D eigenvalue weighted by Gasteiger charge is -2.32. The van der Waals surface area contributed by atoms with Crippen molar-refractivity contribution >= 4 is 5.91 Å². The first-order valence-electron chi connectivity index (χ1n) is 10.7. The summed E-state index contributed by atoms with van der Waals surface area (Å²) >= 11 is 0. The zero-order valence-electron chi connectivity index (χ0n) is 17.4. The summed E-state index contributed by atoms with van der Waals surface area (Å²) in [7, 11) is 1.64. The molecule has 0 unspecified atom stereocenters. The van der Waals surface area contributed by atoms with Crippen LogP contribution in [0.3, 0.4) is 0 Å². The molecule has 2 aliphatic heterocycles. The molecule has 0 spiro atoms. The number of hydrogen-bond acceptors (Lipinski definition) is 4. The number of benzene rings is 2. The molecule has 0 radical (unpaired) electrons. The molecular formula is C24H29FN2O3. The fourth-order valence-electron chi connectivity index (χ4n) is 4.27. The Hall–Kier alpha value is -2.60. The van der Waals surface area contributed by atoms with Gasteiger partial charge in [-0.15, -0.1) is 0 Å². The highest BCUT2D eigenvalue weighted by molar-refractivity contribution is 5.79. The molecule has 30 heavy (non-hydrogen) atoms. The number of ether oxygens (including phenoxy) is 2. The first-order chi connectivity index (χ1) is 14.6. The van der Waals surface area contributed by atoms with Gasteiger partial charge < -0.3 is 14.8 Å². The van der Waals surface area contributed by atoms with Gasteiger partial charge >= 0.3 is 0 Å². The van der Waals surface area contributed by atoms with E-state index in [1.54, 1.807) is 13.2 Å². The minimum atomic E-state index is -0.175. The zero-order valence-corrected chi connectivity index (χ0v) is 17.4. The Labute approximate surface area is 177 Å². The highest BCUT2D eigenvalue weighted by Crippen LogP contribution is 2.30. The van der Waals surface area contributed by atoms with Crippen molar-refractivity contribution in [2.45, 2.75) is 25.8 Å². The molecule has 0 bridgehead atoms. The van der Waals surface area contributed by atoms with Crippen LogP contribution in [-0.2, 0) is 17.8 Å². The number of halogens is 1. The molecule has 1 amide bonds. The smallest absolute Gasteiger partial charge is 0.226 e. The van der Waals surface area contributed by atoms with Gasteiger partial charge in [-0.3, -0.25) is 9.69 Å². The van der Waals surface area contributed by atoms with Crippen LogP contribution in [0.1, 0.15) is 24.0 Å². The van der Waals surface area contributed by atoms with Crippen LogP contribution >= 0.6 is 0 Å². The average molecular weight is 413 g/mol. The van der Waals surface area contributed by atoms with Gasteiger partial charge in [-0.1, -0.05) is 18.2 Å². The van der Waals surface area contributed by atoms with Crippen LogP contribution in [0.15, 0.2) is 42.5 Å². The fourth-order valence-corrected chi connectivity index (χ4v) is 4.27. The summed E-state index contributed by atoms with van der Waals surface area (Å²) in [4.78, 5) is 15.0. The summed E-state index contributed by atoms with van der Waals surface area (Å²) < 4.78 is 24.9. The van der Waals surface area contributed by atoms with E-state index in [0.717, 1.165) is 48.6 Å². The Balaban J connectivity index is 1.22. The Morgan fingerprint density at radius 3 is 2.80 bits per heavy atom. The summed E-state index contributed by atoms with van der Waals surface area (Å²) in [6, 6.07) is 12.7. The van der Waals surface area contributed by atoms with Crippen LogP contribution in [0, 0.1) is 17.7 Å². The average Bonchev–Trinajstić information content (AvgIpc) is 2.79. The quantitative estimate of drug-likeness (QED) is 0.790. The van der Waals surface area contributed by atoms with E-state index in [-0.39, 0.29) is 17.6 Å². The zero-order chi connectivity index (χ0) is 20.9. The Morgan fingerprint density at radius 1 is 1.23 bits per heavy atom. The molecule has 0 saturated carbocycles. The van der Waals surface area contributed by atoms with Crippen molar-refractivity contribution in [3.8, 4) is 11.5 Å². The highest BCUT2D eigenvalue weighted by Gasteiger charge is 2.27. The van der Waals surface area contributed by atoms with Gasteiger partial charge in [0.15, 0.2) is 0 Å². The Morgan fingerprint density at radius 2 is 2.03 bits per heavy atom. The van der Waals surface area contributed by atoms with Crippen molar-refractivity contribution in [2.75, 3.05) is 33.4 Å². The predicted octanol–water partition coefficient (Wildman–Crippen LogP) is 3.41. The number of rotatable bonds is 6. The molecule has 0 aromatic heterocycles. The molecule has 2 heterocycles. The van der Waals surface area contributed by atoms with Crippen molar-refractivity contribution in [3.63, 3.8) is 0 Å². The molecule has 2 aromatic carbocycles. The summed E-state index contributed by atoms with van der Waals surface area (Å²) in [6.45, 7) is 3.59. The Bertz CT molecular complexity index is 881. The van der Waals surface area contributed by atoms with Crippen LogP contribution in [0.25, 0.3) is 0 Å². The van der Waals surface area contributed by atoms with E-state index in [9.17, 15) is 9.18 Å². The molecule has 160 valence electrons. The number of nitrogens with one attached hydrogen (secondary N) is 1. The standard InChI is InChI=1S/C24H29FN2O3/c1-29-21-6-7-23-19(13-21)12-20(16-30-23)24(28)26-14-17-8-10-27(11-9-17)15-18-4-2-3-5-22(18)25/h2-7,13,17,20H,8-12,14-16H2,1H3,(H,26,28)/t20-/m0/s1. The number of hydrogen-bond donors (Lipinski definition) is 1. The number of fused-ring (bicyclic) bond motifs is 1. The summed E-state index contributed by atoms with van der Waals surface area (Å²) in [5.41, 5.74) is 1.76. The van der Waals surface area contributed by atoms with Gasteiger partial charge in [0.25, 0.3) is 0 Å². The van der Waals surface area contributed by atoms with Gasteiger partial charge in [-0.2, -0.15) is 0 Å². The first kappa shape index (κ1) is 20.7. The Kier molecular flexibility index (Phi) is 6.53. The lowest BCUT2D eigenvalue weighted by atomic mass is 9.94. The molecule has 2 aliphatic rings. The number of amides is 1. The number of piperidine rings is 1. The van der Waals surface area contributed by atoms with Gasteiger partial charge in [0.05, 0.1) is 13.0 Å². The van der Waals surface area contributed by atoms with Crippen molar-refractivity contribution < 1.29 is 18.7 Å². The van der Waals surface area contributed by atoms with E-state index in [1.807, 2.05) is 30.3 Å². The van der Waals surface area contributed by atoms with Crippen molar-refractivity contribution in [3.05, 3.63) is 59.4 Å². The molecule has 1 atom stereocenters. The number of carbonyl (C=O) groups is 1. The third-order valence-corrected chi connectivity index (χ3v) is 6.17. The summed E-state index contributed by atoms with van der Waals surface area (Å²) in [5.74, 6) is 1.81. The van der Waals surface area contributed by atoms with Crippen LogP contribution in [0.4, 0.5) is 4.39 Å². The van der Waals surface area contributed by atoms with Crippen LogP contribution in [-0.4, -0.2) is 44.2 Å². The maximum Gasteiger partial charge on any atom is 0.226 e. The van der Waals surface area contributed by atoms with E-state index in [2.05, 4.69) is 10.2 Å². The van der Waals surface area contributed by atoms with Gasteiger partial charge in [0.1, 0.15) is 23.9 Å². The fraction of sp³-hybridized carbons (Fsp3) is 0.458. The highest BCUT2D eigenvalue weighted by atomic mass is 19.1. The topological polar surface area (TPSA) is 50.8 Å². The van der Waals surface area contributed by atoms with E-state index in [1.165, 1.54) is 6.07 Å². The van der Waals surface area contributed by atoms with Crippen LogP contribution in [0.5, 0.6) is 11.5 Å². The van der Waals surface area contributed by atoms with E-state index in [4.69, 9.17) is 9.47 Å². The van der Waals surface area contributed by atoms with Crippen molar-refractivity contribution in [1.82, 2.24) is 10.2 Å². The molecule has 2 aromatic rings. The monoisotopic (exact) mass is 412 g/mol. The van der Waals surface area contributed by atoms with E-state index >= 15 is 0 Å². The van der Waals surface area contributed by atoms with Crippen molar-refractivity contribution in [1.29, 1.82) is 0 Å². The van der Waals surface area contributed by atoms with Crippen molar-refractivity contribution in [2.24, 2.45) is 11.8 Å². The number of methoxy groups -OCH3 is 1. The first-order valence-corrected chi connectivity index (χ1v) is 10.7. The second-order valence-corrected chi connectivity index (χ2v) is 8.24. The predicted molar refractivity (Wildman–Crippen MR) is 113 cm³/mol. The number of carbonyl (C=O) groups excluding carboxylic acids is 1. The third kappa shape index (κ3) is 4.93. The molecule has 1 N–H and O–H groups in total. The minimum absolute atomic E-state index is 0.0530. The molecule has 6 heteroatoms. The second kappa shape index (κ2) is 9.47. The molecule has 5 nitrogen and oxygen atoms in total. The number of nitrogens with zero attached hydrogens (tertiary/aromatic N) is 1. The van der Waals surface area contributed by atoms with Crippen LogP contribution < -0.4 is 14.8 Å². The number of likely N-dealkylation sites (tertiary alicyclic amines) is 1. The molecule has 0 aliphatic carbocycles. The van der Waals surface area contributed by atoms with Gasteiger partial charge in [0.2, 0.25) is 5.91 Å². The SMILES string of the molecule is COc1ccc2c(c1)C[C@H](C(=O)NCC1CCN(Cc3ccccc3F)CC1)CO2. The van der Waals surface area contributed by atoms with E-state index in [0.29, 0.717) is 32.0 Å². The second-order valence-electron chi connectivity index (χ2n) is 8.24. The lowest BCUT2D eigenvalue weighted by molar-refractivity contribution is -0.126. The molecule has 1 saturated heterocycles. The van der Waals surface area contributed by atoms with Gasteiger partial charge in [-0.25, -0.2) is 4.39 Å². The van der Waals surface area contributed by atoms with Gasteiger partial charge in [0, 0.05) is 18.7 Å². The normalized spacial score (nSPS) is 19.6.